The van der Waals surface area contributed by atoms with Crippen molar-refractivity contribution in [1.82, 2.24) is 10.3 Å². The zero-order chi connectivity index (χ0) is 14.5. The third-order valence-electron chi connectivity index (χ3n) is 2.97. The van der Waals surface area contributed by atoms with Gasteiger partial charge in [0, 0.05) is 23.3 Å². The molecule has 0 saturated carbocycles. The summed E-state index contributed by atoms with van der Waals surface area (Å²) in [6, 6.07) is 2.12. The summed E-state index contributed by atoms with van der Waals surface area (Å²) >= 11 is 0. The van der Waals surface area contributed by atoms with E-state index in [0.717, 1.165) is 37.6 Å². The van der Waals surface area contributed by atoms with E-state index in [4.69, 9.17) is 4.74 Å². The van der Waals surface area contributed by atoms with Crippen molar-refractivity contribution in [3.8, 4) is 5.88 Å². The lowest BCUT2D eigenvalue weighted by Gasteiger charge is -2.22. The highest BCUT2D eigenvalue weighted by Crippen LogP contribution is 2.22. The molecule has 3 heteroatoms. The van der Waals surface area contributed by atoms with Crippen LogP contribution in [-0.2, 0) is 6.54 Å². The SMILES string of the molecule is CCCCOc1nc(C)cc(C)c1CNC(C)(C)C. The van der Waals surface area contributed by atoms with Crippen molar-refractivity contribution in [3.63, 3.8) is 0 Å². The molecule has 0 amide bonds. The summed E-state index contributed by atoms with van der Waals surface area (Å²) in [4.78, 5) is 4.54. The number of nitrogens with zero attached hydrogens (tertiary/aromatic N) is 1. The molecule has 0 fully saturated rings. The molecule has 3 nitrogen and oxygen atoms in total. The molecule has 0 aliphatic heterocycles. The van der Waals surface area contributed by atoms with Gasteiger partial charge >= 0.3 is 0 Å². The van der Waals surface area contributed by atoms with Crippen LogP contribution >= 0.6 is 0 Å². The molecule has 0 aliphatic carbocycles. The van der Waals surface area contributed by atoms with E-state index in [1.54, 1.807) is 0 Å². The van der Waals surface area contributed by atoms with Crippen molar-refractivity contribution in [2.75, 3.05) is 6.61 Å². The van der Waals surface area contributed by atoms with Crippen LogP contribution in [0.4, 0.5) is 0 Å². The average Bonchev–Trinajstić information content (AvgIpc) is 2.26. The minimum atomic E-state index is 0.0953. The van der Waals surface area contributed by atoms with Crippen LogP contribution in [0.2, 0.25) is 0 Å². The number of pyridine rings is 1. The summed E-state index contributed by atoms with van der Waals surface area (Å²) < 4.78 is 5.85. The van der Waals surface area contributed by atoms with Crippen LogP contribution in [0.5, 0.6) is 5.88 Å². The Labute approximate surface area is 117 Å². The first kappa shape index (κ1) is 16.0. The standard InChI is InChI=1S/C16H28N2O/c1-7-8-9-19-15-14(11-17-16(4,5)6)12(2)10-13(3)18-15/h10,17H,7-9,11H2,1-6H3. The Morgan fingerprint density at radius 2 is 1.95 bits per heavy atom. The van der Waals surface area contributed by atoms with Gasteiger partial charge in [0.05, 0.1) is 6.61 Å². The summed E-state index contributed by atoms with van der Waals surface area (Å²) in [6.45, 7) is 14.4. The van der Waals surface area contributed by atoms with Crippen LogP contribution < -0.4 is 10.1 Å². The fourth-order valence-electron chi connectivity index (χ4n) is 1.83. The van der Waals surface area contributed by atoms with Gasteiger partial charge < -0.3 is 10.1 Å². The van der Waals surface area contributed by atoms with Gasteiger partial charge in [0.25, 0.3) is 0 Å². The van der Waals surface area contributed by atoms with Crippen molar-refractivity contribution in [2.24, 2.45) is 0 Å². The molecule has 1 rings (SSSR count). The first-order valence-corrected chi connectivity index (χ1v) is 7.18. The van der Waals surface area contributed by atoms with Crippen LogP contribution in [0.3, 0.4) is 0 Å². The fraction of sp³-hybridized carbons (Fsp3) is 0.688. The Balaban J connectivity index is 2.86. The van der Waals surface area contributed by atoms with Crippen LogP contribution in [0.15, 0.2) is 6.07 Å². The molecule has 108 valence electrons. The van der Waals surface area contributed by atoms with E-state index in [-0.39, 0.29) is 5.54 Å². The van der Waals surface area contributed by atoms with E-state index >= 15 is 0 Å². The molecule has 0 aromatic carbocycles. The molecule has 1 heterocycles. The largest absolute Gasteiger partial charge is 0.477 e. The third kappa shape index (κ3) is 5.60. The van der Waals surface area contributed by atoms with E-state index in [0.29, 0.717) is 0 Å². The summed E-state index contributed by atoms with van der Waals surface area (Å²) in [6.07, 6.45) is 2.21. The van der Waals surface area contributed by atoms with Crippen molar-refractivity contribution < 1.29 is 4.74 Å². The van der Waals surface area contributed by atoms with Gasteiger partial charge in [-0.1, -0.05) is 13.3 Å². The van der Waals surface area contributed by atoms with Crippen LogP contribution in [0, 0.1) is 13.8 Å². The first-order chi connectivity index (χ1) is 8.83. The summed E-state index contributed by atoms with van der Waals surface area (Å²) in [5, 5.41) is 3.51. The molecule has 1 N–H and O–H groups in total. The van der Waals surface area contributed by atoms with Gasteiger partial charge in [0.2, 0.25) is 5.88 Å². The number of unbranched alkanes of at least 4 members (excludes halogenated alkanes) is 1. The van der Waals surface area contributed by atoms with Crippen molar-refractivity contribution in [2.45, 2.75) is 66.5 Å². The number of nitrogens with one attached hydrogen (secondary N) is 1. The highest BCUT2D eigenvalue weighted by Gasteiger charge is 2.14. The van der Waals surface area contributed by atoms with Gasteiger partial charge in [-0.15, -0.1) is 0 Å². The Bertz CT molecular complexity index is 408. The molecule has 0 radical (unpaired) electrons. The molecule has 0 saturated heterocycles. The maximum absolute atomic E-state index is 5.85. The van der Waals surface area contributed by atoms with Crippen molar-refractivity contribution >= 4 is 0 Å². The maximum Gasteiger partial charge on any atom is 0.218 e. The molecule has 19 heavy (non-hydrogen) atoms. The van der Waals surface area contributed by atoms with Crippen LogP contribution in [-0.4, -0.2) is 17.1 Å². The fourth-order valence-corrected chi connectivity index (χ4v) is 1.83. The Hall–Kier alpha value is -1.09. The lowest BCUT2D eigenvalue weighted by Crippen LogP contribution is -2.35. The van der Waals surface area contributed by atoms with Gasteiger partial charge in [-0.2, -0.15) is 0 Å². The van der Waals surface area contributed by atoms with Gasteiger partial charge in [-0.25, -0.2) is 4.98 Å². The molecular formula is C16H28N2O. The Morgan fingerprint density at radius 1 is 1.26 bits per heavy atom. The Morgan fingerprint density at radius 3 is 2.53 bits per heavy atom. The van der Waals surface area contributed by atoms with Gasteiger partial charge in [-0.3, -0.25) is 0 Å². The summed E-state index contributed by atoms with van der Waals surface area (Å²) in [5.41, 5.74) is 3.54. The summed E-state index contributed by atoms with van der Waals surface area (Å²) in [5.74, 6) is 0.794. The molecular weight excluding hydrogens is 236 g/mol. The predicted octanol–water partition coefficient (Wildman–Crippen LogP) is 3.77. The third-order valence-corrected chi connectivity index (χ3v) is 2.97. The van der Waals surface area contributed by atoms with Crippen molar-refractivity contribution in [3.05, 3.63) is 22.9 Å². The Kier molecular flexibility index (Phi) is 5.80. The minimum absolute atomic E-state index is 0.0953. The molecule has 0 atom stereocenters. The average molecular weight is 264 g/mol. The van der Waals surface area contributed by atoms with Crippen LogP contribution in [0.1, 0.15) is 57.4 Å². The predicted molar refractivity (Wildman–Crippen MR) is 80.7 cm³/mol. The van der Waals surface area contributed by atoms with Gasteiger partial charge in [-0.05, 0) is 52.7 Å². The maximum atomic E-state index is 5.85. The minimum Gasteiger partial charge on any atom is -0.477 e. The number of hydrogen-bond acceptors (Lipinski definition) is 3. The number of aryl methyl sites for hydroxylation is 2. The van der Waals surface area contributed by atoms with E-state index in [9.17, 15) is 0 Å². The van der Waals surface area contributed by atoms with Gasteiger partial charge in [0.15, 0.2) is 0 Å². The molecule has 0 spiro atoms. The second-order valence-electron chi connectivity index (χ2n) is 6.17. The monoisotopic (exact) mass is 264 g/mol. The van der Waals surface area contributed by atoms with E-state index in [1.807, 2.05) is 6.92 Å². The zero-order valence-electron chi connectivity index (χ0n) is 13.3. The van der Waals surface area contributed by atoms with E-state index < -0.39 is 0 Å². The number of hydrogen-bond donors (Lipinski definition) is 1. The highest BCUT2D eigenvalue weighted by molar-refractivity contribution is 5.36. The van der Waals surface area contributed by atoms with E-state index in [2.05, 4.69) is 51.0 Å². The number of ether oxygens (including phenoxy) is 1. The topological polar surface area (TPSA) is 34.1 Å². The molecule has 1 aromatic heterocycles. The van der Waals surface area contributed by atoms with E-state index in [1.165, 1.54) is 11.1 Å². The second kappa shape index (κ2) is 6.90. The number of rotatable bonds is 6. The smallest absolute Gasteiger partial charge is 0.218 e. The zero-order valence-corrected chi connectivity index (χ0v) is 13.3. The summed E-state index contributed by atoms with van der Waals surface area (Å²) in [7, 11) is 0. The molecule has 1 aromatic rings. The highest BCUT2D eigenvalue weighted by atomic mass is 16.5. The number of aromatic nitrogens is 1. The van der Waals surface area contributed by atoms with Crippen LogP contribution in [0.25, 0.3) is 0 Å². The second-order valence-corrected chi connectivity index (χ2v) is 6.17. The first-order valence-electron chi connectivity index (χ1n) is 7.18. The normalized spacial score (nSPS) is 11.7. The van der Waals surface area contributed by atoms with Gasteiger partial charge in [0.1, 0.15) is 0 Å². The molecule has 0 bridgehead atoms. The molecule has 0 aliphatic rings. The molecule has 0 unspecified atom stereocenters. The van der Waals surface area contributed by atoms with Crippen molar-refractivity contribution in [1.29, 1.82) is 0 Å². The quantitative estimate of drug-likeness (QED) is 0.794. The lowest BCUT2D eigenvalue weighted by molar-refractivity contribution is 0.291. The lowest BCUT2D eigenvalue weighted by atomic mass is 10.1.